The summed E-state index contributed by atoms with van der Waals surface area (Å²) in [6.07, 6.45) is 13.8. The SMILES string of the molecule is C#CCN(Cc1ccccc1)C1C=CCCC1. The van der Waals surface area contributed by atoms with Gasteiger partial charge in [0.05, 0.1) is 6.54 Å². The molecule has 1 aliphatic carbocycles. The summed E-state index contributed by atoms with van der Waals surface area (Å²) in [4.78, 5) is 2.38. The zero-order chi connectivity index (χ0) is 11.9. The Morgan fingerprint density at radius 1 is 1.29 bits per heavy atom. The van der Waals surface area contributed by atoms with Gasteiger partial charge in [-0.05, 0) is 24.8 Å². The summed E-state index contributed by atoms with van der Waals surface area (Å²) in [6, 6.07) is 11.1. The van der Waals surface area contributed by atoms with E-state index in [4.69, 9.17) is 6.42 Å². The second-order valence-electron chi connectivity index (χ2n) is 4.52. The average molecular weight is 225 g/mol. The lowest BCUT2D eigenvalue weighted by molar-refractivity contribution is 0.231. The number of rotatable bonds is 4. The molecule has 1 unspecified atom stereocenters. The molecular formula is C16H19N. The van der Waals surface area contributed by atoms with Crippen molar-refractivity contribution in [1.82, 2.24) is 4.90 Å². The van der Waals surface area contributed by atoms with Crippen LogP contribution in [0.3, 0.4) is 0 Å². The summed E-state index contributed by atoms with van der Waals surface area (Å²) in [6.45, 7) is 1.67. The summed E-state index contributed by atoms with van der Waals surface area (Å²) in [7, 11) is 0. The van der Waals surface area contributed by atoms with Gasteiger partial charge in [-0.25, -0.2) is 0 Å². The zero-order valence-electron chi connectivity index (χ0n) is 10.2. The fraction of sp³-hybridized carbons (Fsp3) is 0.375. The summed E-state index contributed by atoms with van der Waals surface area (Å²) in [5.41, 5.74) is 1.33. The van der Waals surface area contributed by atoms with Gasteiger partial charge >= 0.3 is 0 Å². The Morgan fingerprint density at radius 3 is 2.76 bits per heavy atom. The van der Waals surface area contributed by atoms with Crippen LogP contribution >= 0.6 is 0 Å². The fourth-order valence-electron chi connectivity index (χ4n) is 2.32. The number of hydrogen-bond acceptors (Lipinski definition) is 1. The van der Waals surface area contributed by atoms with Crippen LogP contribution in [0.1, 0.15) is 24.8 Å². The molecule has 0 heterocycles. The van der Waals surface area contributed by atoms with Gasteiger partial charge in [-0.15, -0.1) is 6.42 Å². The summed E-state index contributed by atoms with van der Waals surface area (Å²) in [5, 5.41) is 0. The van der Waals surface area contributed by atoms with Gasteiger partial charge in [-0.3, -0.25) is 4.90 Å². The third-order valence-corrected chi connectivity index (χ3v) is 3.22. The molecular weight excluding hydrogens is 206 g/mol. The normalized spacial score (nSPS) is 19.2. The standard InChI is InChI=1S/C16H19N/c1-2-13-17(16-11-7-4-8-12-16)14-15-9-5-3-6-10-15/h1,3,5-7,9-11,16H,4,8,12-14H2. The molecule has 0 spiro atoms. The van der Waals surface area contributed by atoms with Crippen molar-refractivity contribution in [2.45, 2.75) is 31.8 Å². The Kier molecular flexibility index (Phi) is 4.41. The molecule has 0 radical (unpaired) electrons. The second kappa shape index (κ2) is 6.27. The Hall–Kier alpha value is -1.52. The highest BCUT2D eigenvalue weighted by Gasteiger charge is 2.16. The van der Waals surface area contributed by atoms with Crippen LogP contribution in [-0.4, -0.2) is 17.5 Å². The topological polar surface area (TPSA) is 3.24 Å². The molecule has 0 aliphatic heterocycles. The van der Waals surface area contributed by atoms with Gasteiger partial charge in [0.2, 0.25) is 0 Å². The molecule has 1 aromatic carbocycles. The molecule has 0 amide bonds. The van der Waals surface area contributed by atoms with Crippen LogP contribution < -0.4 is 0 Å². The number of nitrogens with zero attached hydrogens (tertiary/aromatic N) is 1. The smallest absolute Gasteiger partial charge is 0.0607 e. The predicted octanol–water partition coefficient (Wildman–Crippen LogP) is 3.23. The van der Waals surface area contributed by atoms with E-state index in [1.54, 1.807) is 0 Å². The number of hydrogen-bond donors (Lipinski definition) is 0. The third-order valence-electron chi connectivity index (χ3n) is 3.22. The van der Waals surface area contributed by atoms with Crippen LogP contribution in [0.25, 0.3) is 0 Å². The summed E-state index contributed by atoms with van der Waals surface area (Å²) >= 11 is 0. The lowest BCUT2D eigenvalue weighted by atomic mass is 10.0. The van der Waals surface area contributed by atoms with Crippen molar-refractivity contribution in [3.63, 3.8) is 0 Å². The molecule has 1 nitrogen and oxygen atoms in total. The van der Waals surface area contributed by atoms with E-state index in [0.717, 1.165) is 13.1 Å². The molecule has 2 rings (SSSR count). The van der Waals surface area contributed by atoms with E-state index in [9.17, 15) is 0 Å². The Morgan fingerprint density at radius 2 is 2.12 bits per heavy atom. The van der Waals surface area contributed by atoms with Crippen LogP contribution in [0.2, 0.25) is 0 Å². The van der Waals surface area contributed by atoms with Gasteiger partial charge in [-0.1, -0.05) is 48.4 Å². The first-order chi connectivity index (χ1) is 8.40. The molecule has 17 heavy (non-hydrogen) atoms. The molecule has 0 bridgehead atoms. The first-order valence-corrected chi connectivity index (χ1v) is 6.28. The summed E-state index contributed by atoms with van der Waals surface area (Å²) in [5.74, 6) is 2.78. The highest BCUT2D eigenvalue weighted by atomic mass is 15.1. The Bertz CT molecular complexity index is 399. The van der Waals surface area contributed by atoms with Gasteiger partial charge < -0.3 is 0 Å². The van der Waals surface area contributed by atoms with E-state index in [1.807, 2.05) is 0 Å². The molecule has 0 N–H and O–H groups in total. The molecule has 1 aliphatic rings. The number of benzene rings is 1. The molecule has 1 atom stereocenters. The van der Waals surface area contributed by atoms with Crippen molar-refractivity contribution in [2.24, 2.45) is 0 Å². The van der Waals surface area contributed by atoms with Crippen molar-refractivity contribution in [1.29, 1.82) is 0 Å². The monoisotopic (exact) mass is 225 g/mol. The van der Waals surface area contributed by atoms with Crippen molar-refractivity contribution in [2.75, 3.05) is 6.54 Å². The maximum Gasteiger partial charge on any atom is 0.0607 e. The maximum absolute atomic E-state index is 5.47. The third kappa shape index (κ3) is 3.47. The molecule has 0 aromatic heterocycles. The Balaban J connectivity index is 2.04. The van der Waals surface area contributed by atoms with E-state index < -0.39 is 0 Å². The van der Waals surface area contributed by atoms with E-state index in [2.05, 4.69) is 53.3 Å². The minimum Gasteiger partial charge on any atom is -0.282 e. The fourth-order valence-corrected chi connectivity index (χ4v) is 2.32. The molecule has 88 valence electrons. The summed E-state index contributed by atoms with van der Waals surface area (Å²) < 4.78 is 0. The van der Waals surface area contributed by atoms with Gasteiger partial charge in [0.15, 0.2) is 0 Å². The minimum atomic E-state index is 0.514. The second-order valence-corrected chi connectivity index (χ2v) is 4.52. The molecule has 1 heteroatoms. The highest BCUT2D eigenvalue weighted by Crippen LogP contribution is 2.18. The van der Waals surface area contributed by atoms with Gasteiger partial charge in [0.1, 0.15) is 0 Å². The van der Waals surface area contributed by atoms with Crippen molar-refractivity contribution in [3.05, 3.63) is 48.0 Å². The minimum absolute atomic E-state index is 0.514. The van der Waals surface area contributed by atoms with Crippen molar-refractivity contribution >= 4 is 0 Å². The van der Waals surface area contributed by atoms with Crippen LogP contribution in [0.15, 0.2) is 42.5 Å². The van der Waals surface area contributed by atoms with Crippen molar-refractivity contribution in [3.8, 4) is 12.3 Å². The molecule has 1 aromatic rings. The van der Waals surface area contributed by atoms with Crippen LogP contribution in [0.4, 0.5) is 0 Å². The van der Waals surface area contributed by atoms with Gasteiger partial charge in [-0.2, -0.15) is 0 Å². The lowest BCUT2D eigenvalue weighted by Crippen LogP contribution is -2.34. The quantitative estimate of drug-likeness (QED) is 0.561. The maximum atomic E-state index is 5.47. The van der Waals surface area contributed by atoms with E-state index in [1.165, 1.54) is 24.8 Å². The number of terminal acetylenes is 1. The largest absolute Gasteiger partial charge is 0.282 e. The van der Waals surface area contributed by atoms with E-state index >= 15 is 0 Å². The van der Waals surface area contributed by atoms with E-state index in [0.29, 0.717) is 6.04 Å². The molecule has 0 saturated carbocycles. The molecule has 0 saturated heterocycles. The van der Waals surface area contributed by atoms with Crippen LogP contribution in [-0.2, 0) is 6.54 Å². The first kappa shape index (κ1) is 12.0. The van der Waals surface area contributed by atoms with Gasteiger partial charge in [0.25, 0.3) is 0 Å². The van der Waals surface area contributed by atoms with E-state index in [-0.39, 0.29) is 0 Å². The molecule has 0 fully saturated rings. The number of allylic oxidation sites excluding steroid dienone is 1. The van der Waals surface area contributed by atoms with Crippen molar-refractivity contribution < 1.29 is 0 Å². The Labute approximate surface area is 104 Å². The zero-order valence-corrected chi connectivity index (χ0v) is 10.2. The lowest BCUT2D eigenvalue weighted by Gasteiger charge is -2.29. The predicted molar refractivity (Wildman–Crippen MR) is 72.5 cm³/mol. The first-order valence-electron chi connectivity index (χ1n) is 6.28. The highest BCUT2D eigenvalue weighted by molar-refractivity contribution is 5.15. The van der Waals surface area contributed by atoms with Crippen LogP contribution in [0, 0.1) is 12.3 Å². The van der Waals surface area contributed by atoms with Gasteiger partial charge in [0, 0.05) is 12.6 Å². The van der Waals surface area contributed by atoms with Crippen LogP contribution in [0.5, 0.6) is 0 Å². The average Bonchev–Trinajstić information content (AvgIpc) is 2.40.